The Balaban J connectivity index is 1.48. The first-order valence-corrected chi connectivity index (χ1v) is 9.38. The topological polar surface area (TPSA) is 59.1 Å². The van der Waals surface area contributed by atoms with Gasteiger partial charge in [0.25, 0.3) is 0 Å². The highest BCUT2D eigenvalue weighted by atomic mass is 32.2. The van der Waals surface area contributed by atoms with Gasteiger partial charge < -0.3 is 14.4 Å². The van der Waals surface area contributed by atoms with Crippen molar-refractivity contribution < 1.29 is 22.3 Å². The Morgan fingerprint density at radius 3 is 2.44 bits per heavy atom. The van der Waals surface area contributed by atoms with E-state index >= 15 is 0 Å². The van der Waals surface area contributed by atoms with Crippen LogP contribution in [0.25, 0.3) is 0 Å². The van der Waals surface area contributed by atoms with Gasteiger partial charge in [0.15, 0.2) is 11.5 Å². The minimum atomic E-state index is -3.68. The van der Waals surface area contributed by atoms with Crippen molar-refractivity contribution in [2.75, 3.05) is 37.9 Å². The molecular weight excluding hydrogens is 347 g/mol. The van der Waals surface area contributed by atoms with Crippen molar-refractivity contribution >= 4 is 15.7 Å². The number of hydrogen-bond donors (Lipinski definition) is 0. The molecule has 2 aromatic rings. The molecule has 0 bridgehead atoms. The second-order valence-electron chi connectivity index (χ2n) is 5.89. The first-order chi connectivity index (χ1) is 12.0. The Bertz CT molecular complexity index is 895. The molecule has 0 N–H and O–H groups in total. The third-order valence-corrected chi connectivity index (χ3v) is 6.29. The summed E-state index contributed by atoms with van der Waals surface area (Å²) in [4.78, 5) is 2.09. The lowest BCUT2D eigenvalue weighted by Gasteiger charge is -2.35. The Morgan fingerprint density at radius 2 is 1.68 bits per heavy atom. The molecule has 8 heteroatoms. The number of ether oxygens (including phenoxy) is 2. The van der Waals surface area contributed by atoms with Gasteiger partial charge in [-0.2, -0.15) is 4.31 Å². The summed E-state index contributed by atoms with van der Waals surface area (Å²) in [5.74, 6) is 0.864. The molecule has 2 aliphatic heterocycles. The predicted octanol–water partition coefficient (Wildman–Crippen LogP) is 2.07. The van der Waals surface area contributed by atoms with Crippen molar-refractivity contribution in [3.8, 4) is 11.5 Å². The fourth-order valence-electron chi connectivity index (χ4n) is 3.05. The fourth-order valence-corrected chi connectivity index (χ4v) is 4.50. The molecule has 25 heavy (non-hydrogen) atoms. The third kappa shape index (κ3) is 3.03. The Hall–Kier alpha value is -2.32. The number of halogens is 1. The van der Waals surface area contributed by atoms with Crippen molar-refractivity contribution in [1.29, 1.82) is 0 Å². The molecule has 0 spiro atoms. The van der Waals surface area contributed by atoms with E-state index < -0.39 is 15.8 Å². The Labute approximate surface area is 145 Å². The fraction of sp³-hybridized carbons (Fsp3) is 0.294. The number of sulfonamides is 1. The van der Waals surface area contributed by atoms with Gasteiger partial charge in [-0.1, -0.05) is 6.07 Å². The molecule has 2 aromatic carbocycles. The van der Waals surface area contributed by atoms with E-state index in [0.717, 1.165) is 17.5 Å². The van der Waals surface area contributed by atoms with Gasteiger partial charge in [-0.25, -0.2) is 12.8 Å². The van der Waals surface area contributed by atoms with Crippen molar-refractivity contribution in [2.45, 2.75) is 4.90 Å². The second kappa shape index (κ2) is 6.20. The zero-order valence-electron chi connectivity index (χ0n) is 13.4. The first kappa shape index (κ1) is 16.2. The smallest absolute Gasteiger partial charge is 0.243 e. The lowest BCUT2D eigenvalue weighted by Crippen LogP contribution is -2.48. The minimum absolute atomic E-state index is 0.0102. The molecule has 0 saturated carbocycles. The Morgan fingerprint density at radius 1 is 0.920 bits per heavy atom. The van der Waals surface area contributed by atoms with Crippen molar-refractivity contribution in [2.24, 2.45) is 0 Å². The maximum Gasteiger partial charge on any atom is 0.243 e. The molecule has 2 aliphatic rings. The van der Waals surface area contributed by atoms with Crippen LogP contribution in [0.2, 0.25) is 0 Å². The number of rotatable bonds is 3. The summed E-state index contributed by atoms with van der Waals surface area (Å²) in [7, 11) is -3.68. The summed E-state index contributed by atoms with van der Waals surface area (Å²) >= 11 is 0. The molecule has 0 unspecified atom stereocenters. The van der Waals surface area contributed by atoms with E-state index in [1.54, 1.807) is 0 Å². The van der Waals surface area contributed by atoms with Crippen LogP contribution in [0.4, 0.5) is 10.1 Å². The summed E-state index contributed by atoms with van der Waals surface area (Å²) in [6.45, 7) is 2.00. The largest absolute Gasteiger partial charge is 0.454 e. The summed E-state index contributed by atoms with van der Waals surface area (Å²) in [5.41, 5.74) is 0.965. The van der Waals surface area contributed by atoms with Crippen molar-refractivity contribution in [1.82, 2.24) is 4.31 Å². The molecule has 1 fully saturated rings. The van der Waals surface area contributed by atoms with Crippen LogP contribution in [0.1, 0.15) is 0 Å². The average Bonchev–Trinajstić information content (AvgIpc) is 3.09. The zero-order valence-corrected chi connectivity index (χ0v) is 14.2. The molecule has 0 atom stereocenters. The van der Waals surface area contributed by atoms with Gasteiger partial charge in [0.2, 0.25) is 16.8 Å². The van der Waals surface area contributed by atoms with E-state index in [2.05, 4.69) is 4.90 Å². The van der Waals surface area contributed by atoms with Gasteiger partial charge in [-0.3, -0.25) is 0 Å². The molecule has 0 aliphatic carbocycles. The number of anilines is 1. The molecule has 0 amide bonds. The molecular formula is C17H17FN2O4S. The lowest BCUT2D eigenvalue weighted by molar-refractivity contribution is 0.174. The number of nitrogens with zero attached hydrogens (tertiary/aromatic N) is 2. The van der Waals surface area contributed by atoms with E-state index in [0.29, 0.717) is 31.9 Å². The van der Waals surface area contributed by atoms with Gasteiger partial charge in [-0.05, 0) is 30.3 Å². The summed E-state index contributed by atoms with van der Waals surface area (Å²) in [5, 5.41) is 0. The third-order valence-electron chi connectivity index (χ3n) is 4.39. The van der Waals surface area contributed by atoms with Gasteiger partial charge >= 0.3 is 0 Å². The quantitative estimate of drug-likeness (QED) is 0.835. The number of benzene rings is 2. The normalized spacial score (nSPS) is 17.7. The summed E-state index contributed by atoms with van der Waals surface area (Å²) in [6, 6.07) is 10.8. The molecule has 132 valence electrons. The van der Waals surface area contributed by atoms with Crippen LogP contribution >= 0.6 is 0 Å². The second-order valence-corrected chi connectivity index (χ2v) is 7.82. The van der Waals surface area contributed by atoms with E-state index in [4.69, 9.17) is 9.47 Å². The first-order valence-electron chi connectivity index (χ1n) is 7.94. The van der Waals surface area contributed by atoms with Crippen LogP contribution in [0.5, 0.6) is 11.5 Å². The van der Waals surface area contributed by atoms with E-state index in [1.807, 2.05) is 18.2 Å². The molecule has 4 rings (SSSR count). The highest BCUT2D eigenvalue weighted by molar-refractivity contribution is 7.89. The van der Waals surface area contributed by atoms with Gasteiger partial charge in [0.1, 0.15) is 5.82 Å². The molecule has 1 saturated heterocycles. The van der Waals surface area contributed by atoms with E-state index in [1.165, 1.54) is 22.5 Å². The van der Waals surface area contributed by atoms with Crippen LogP contribution in [0.3, 0.4) is 0 Å². The summed E-state index contributed by atoms with van der Waals surface area (Å²) < 4.78 is 50.7. The molecule has 0 radical (unpaired) electrons. The lowest BCUT2D eigenvalue weighted by atomic mass is 10.2. The van der Waals surface area contributed by atoms with Gasteiger partial charge in [-0.15, -0.1) is 0 Å². The predicted molar refractivity (Wildman–Crippen MR) is 89.9 cm³/mol. The average molecular weight is 364 g/mol. The standard InChI is InChI=1S/C17H17FN2O4S/c18-13-2-1-3-15(10-13)25(21,22)20-8-6-19(7-9-20)14-4-5-16-17(11-14)24-12-23-16/h1-5,10-11H,6-9,12H2. The summed E-state index contributed by atoms with van der Waals surface area (Å²) in [6.07, 6.45) is 0. The molecule has 0 aromatic heterocycles. The molecule has 6 nitrogen and oxygen atoms in total. The van der Waals surface area contributed by atoms with Crippen LogP contribution in [-0.2, 0) is 10.0 Å². The number of hydrogen-bond acceptors (Lipinski definition) is 5. The van der Waals surface area contributed by atoms with Crippen LogP contribution in [0.15, 0.2) is 47.4 Å². The van der Waals surface area contributed by atoms with Crippen LogP contribution < -0.4 is 14.4 Å². The maximum atomic E-state index is 13.3. The Kier molecular flexibility index (Phi) is 4.01. The van der Waals surface area contributed by atoms with Crippen LogP contribution in [-0.4, -0.2) is 45.7 Å². The van der Waals surface area contributed by atoms with Crippen LogP contribution in [0, 0.1) is 5.82 Å². The zero-order chi connectivity index (χ0) is 17.4. The van der Waals surface area contributed by atoms with Gasteiger partial charge in [0.05, 0.1) is 4.90 Å². The number of fused-ring (bicyclic) bond motifs is 1. The highest BCUT2D eigenvalue weighted by Gasteiger charge is 2.29. The van der Waals surface area contributed by atoms with Gasteiger partial charge in [0, 0.05) is 37.9 Å². The van der Waals surface area contributed by atoms with Crippen molar-refractivity contribution in [3.05, 3.63) is 48.3 Å². The van der Waals surface area contributed by atoms with Crippen molar-refractivity contribution in [3.63, 3.8) is 0 Å². The SMILES string of the molecule is O=S(=O)(c1cccc(F)c1)N1CCN(c2ccc3c(c2)OCO3)CC1. The minimum Gasteiger partial charge on any atom is -0.454 e. The monoisotopic (exact) mass is 364 g/mol. The highest BCUT2D eigenvalue weighted by Crippen LogP contribution is 2.35. The van der Waals surface area contributed by atoms with E-state index in [-0.39, 0.29) is 11.7 Å². The maximum absolute atomic E-state index is 13.3. The van der Waals surface area contributed by atoms with E-state index in [9.17, 15) is 12.8 Å². The number of piperazine rings is 1. The molecule has 2 heterocycles.